The second-order valence-corrected chi connectivity index (χ2v) is 4.92. The lowest BCUT2D eigenvalue weighted by molar-refractivity contribution is 0.0953. The summed E-state index contributed by atoms with van der Waals surface area (Å²) in [7, 11) is 0. The van der Waals surface area contributed by atoms with Crippen molar-refractivity contribution in [3.05, 3.63) is 52.9 Å². The van der Waals surface area contributed by atoms with Gasteiger partial charge in [-0.25, -0.2) is 5.84 Å². The highest BCUT2D eigenvalue weighted by Crippen LogP contribution is 2.29. The van der Waals surface area contributed by atoms with Gasteiger partial charge >= 0.3 is 0 Å². The summed E-state index contributed by atoms with van der Waals surface area (Å²) in [6.07, 6.45) is 1.38. The fraction of sp³-hybridized carbons (Fsp3) is 0.0833. The maximum atomic E-state index is 11.2. The summed E-state index contributed by atoms with van der Waals surface area (Å²) in [6, 6.07) is 9.22. The first kappa shape index (κ1) is 13.0. The van der Waals surface area contributed by atoms with Crippen LogP contribution >= 0.6 is 23.4 Å². The van der Waals surface area contributed by atoms with Crippen LogP contribution in [0.3, 0.4) is 0 Å². The number of nitrogen functional groups attached to an aromatic ring is 1. The molecule has 0 aliphatic carbocycles. The summed E-state index contributed by atoms with van der Waals surface area (Å²) in [5.74, 6) is 5.96. The van der Waals surface area contributed by atoms with Crippen LogP contribution in [0.4, 0.5) is 0 Å². The van der Waals surface area contributed by atoms with Crippen molar-refractivity contribution in [2.45, 2.75) is 10.6 Å². The van der Waals surface area contributed by atoms with Crippen LogP contribution in [0.5, 0.6) is 0 Å². The van der Waals surface area contributed by atoms with Crippen LogP contribution in [-0.2, 0) is 5.75 Å². The molecule has 0 saturated heterocycles. The van der Waals surface area contributed by atoms with Gasteiger partial charge in [0.15, 0.2) is 0 Å². The molecule has 6 heteroatoms. The Bertz CT molecular complexity index is 557. The minimum absolute atomic E-state index is 0.368. The van der Waals surface area contributed by atoms with E-state index in [1.54, 1.807) is 17.8 Å². The predicted molar refractivity (Wildman–Crippen MR) is 71.4 cm³/mol. The minimum Gasteiger partial charge on any atom is -0.468 e. The monoisotopic (exact) mass is 282 g/mol. The summed E-state index contributed by atoms with van der Waals surface area (Å²) in [6.45, 7) is 0. The van der Waals surface area contributed by atoms with Crippen LogP contribution < -0.4 is 11.3 Å². The van der Waals surface area contributed by atoms with Gasteiger partial charge in [-0.05, 0) is 18.2 Å². The number of hydrogen-bond acceptors (Lipinski definition) is 4. The molecule has 18 heavy (non-hydrogen) atoms. The molecular weight excluding hydrogens is 272 g/mol. The van der Waals surface area contributed by atoms with Crippen LogP contribution in [0.1, 0.15) is 16.1 Å². The summed E-state index contributed by atoms with van der Waals surface area (Å²) in [4.78, 5) is 12.2. The van der Waals surface area contributed by atoms with Crippen LogP contribution in [0, 0.1) is 0 Å². The largest absolute Gasteiger partial charge is 0.468 e. The lowest BCUT2D eigenvalue weighted by Crippen LogP contribution is -2.29. The number of halogens is 1. The van der Waals surface area contributed by atoms with Crippen molar-refractivity contribution in [2.24, 2.45) is 5.84 Å². The molecule has 1 aromatic carbocycles. The molecule has 0 bridgehead atoms. The first-order chi connectivity index (χ1) is 8.70. The standard InChI is InChI=1S/C12H11ClN2O2S/c13-10-3-1-2-4-11(10)18-7-9-5-8(6-17-9)12(16)15-14/h1-6H,7,14H2,(H,15,16). The van der Waals surface area contributed by atoms with E-state index in [1.165, 1.54) is 6.26 Å². The third-order valence-corrected chi connectivity index (χ3v) is 3.79. The Balaban J connectivity index is 2.01. The average molecular weight is 283 g/mol. The number of carbonyl (C=O) groups is 1. The molecule has 0 unspecified atom stereocenters. The highest BCUT2D eigenvalue weighted by atomic mass is 35.5. The van der Waals surface area contributed by atoms with Crippen molar-refractivity contribution < 1.29 is 9.21 Å². The minimum atomic E-state index is -0.368. The quantitative estimate of drug-likeness (QED) is 0.392. The third kappa shape index (κ3) is 3.07. The zero-order valence-corrected chi connectivity index (χ0v) is 10.9. The van der Waals surface area contributed by atoms with Crippen LogP contribution in [-0.4, -0.2) is 5.91 Å². The molecule has 4 nitrogen and oxygen atoms in total. The first-order valence-corrected chi connectivity index (χ1v) is 6.52. The van der Waals surface area contributed by atoms with E-state index in [0.717, 1.165) is 4.90 Å². The van der Waals surface area contributed by atoms with E-state index in [1.807, 2.05) is 24.3 Å². The summed E-state index contributed by atoms with van der Waals surface area (Å²) < 4.78 is 5.27. The molecule has 0 aliphatic rings. The van der Waals surface area contributed by atoms with Gasteiger partial charge in [0, 0.05) is 4.90 Å². The Labute approximate surface area is 113 Å². The molecule has 3 N–H and O–H groups in total. The first-order valence-electron chi connectivity index (χ1n) is 5.16. The summed E-state index contributed by atoms with van der Waals surface area (Å²) in [5.41, 5.74) is 2.46. The molecule has 0 radical (unpaired) electrons. The van der Waals surface area contributed by atoms with Crippen LogP contribution in [0.25, 0.3) is 0 Å². The number of amides is 1. The molecular formula is C12H11ClN2O2S. The fourth-order valence-electron chi connectivity index (χ4n) is 1.37. The van der Waals surface area contributed by atoms with Gasteiger partial charge in [0.1, 0.15) is 12.0 Å². The number of carbonyl (C=O) groups excluding carboxylic acids is 1. The molecule has 1 aromatic heterocycles. The fourth-order valence-corrected chi connectivity index (χ4v) is 2.50. The maximum absolute atomic E-state index is 11.2. The van der Waals surface area contributed by atoms with E-state index in [2.05, 4.69) is 5.43 Å². The van der Waals surface area contributed by atoms with Gasteiger partial charge in [0.2, 0.25) is 0 Å². The van der Waals surface area contributed by atoms with Crippen molar-refractivity contribution >= 4 is 29.3 Å². The number of nitrogens with one attached hydrogen (secondary N) is 1. The number of thioether (sulfide) groups is 1. The molecule has 1 heterocycles. The number of furan rings is 1. The van der Waals surface area contributed by atoms with Gasteiger partial charge in [0.25, 0.3) is 5.91 Å². The molecule has 2 aromatic rings. The van der Waals surface area contributed by atoms with E-state index in [-0.39, 0.29) is 5.91 Å². The Kier molecular flexibility index (Phi) is 4.30. The van der Waals surface area contributed by atoms with Crippen molar-refractivity contribution in [1.29, 1.82) is 0 Å². The highest BCUT2D eigenvalue weighted by molar-refractivity contribution is 7.98. The summed E-state index contributed by atoms with van der Waals surface area (Å²) in [5, 5.41) is 0.703. The Morgan fingerprint density at radius 1 is 1.44 bits per heavy atom. The number of hydrogen-bond donors (Lipinski definition) is 2. The van der Waals surface area contributed by atoms with Crippen molar-refractivity contribution in [1.82, 2.24) is 5.43 Å². The van der Waals surface area contributed by atoms with Gasteiger partial charge in [-0.15, -0.1) is 11.8 Å². The Morgan fingerprint density at radius 2 is 2.22 bits per heavy atom. The molecule has 0 atom stereocenters. The van der Waals surface area contributed by atoms with E-state index >= 15 is 0 Å². The van der Waals surface area contributed by atoms with Crippen molar-refractivity contribution in [3.63, 3.8) is 0 Å². The van der Waals surface area contributed by atoms with Gasteiger partial charge in [-0.2, -0.15) is 0 Å². The predicted octanol–water partition coefficient (Wildman–Crippen LogP) is 2.83. The Morgan fingerprint density at radius 3 is 2.94 bits per heavy atom. The normalized spacial score (nSPS) is 10.3. The molecule has 0 fully saturated rings. The smallest absolute Gasteiger partial charge is 0.268 e. The third-order valence-electron chi connectivity index (χ3n) is 2.25. The maximum Gasteiger partial charge on any atom is 0.268 e. The molecule has 0 spiro atoms. The molecule has 1 amide bonds. The van der Waals surface area contributed by atoms with Crippen molar-refractivity contribution in [3.8, 4) is 0 Å². The van der Waals surface area contributed by atoms with E-state index in [4.69, 9.17) is 21.9 Å². The second kappa shape index (κ2) is 5.95. The van der Waals surface area contributed by atoms with Gasteiger partial charge < -0.3 is 4.42 Å². The van der Waals surface area contributed by atoms with E-state index in [9.17, 15) is 4.79 Å². The number of hydrazine groups is 1. The molecule has 0 saturated carbocycles. The van der Waals surface area contributed by atoms with Gasteiger partial charge in [-0.1, -0.05) is 23.7 Å². The SMILES string of the molecule is NNC(=O)c1coc(CSc2ccccc2Cl)c1. The van der Waals surface area contributed by atoms with Gasteiger partial charge in [0.05, 0.1) is 16.3 Å². The number of nitrogens with two attached hydrogens (primary N) is 1. The van der Waals surface area contributed by atoms with E-state index in [0.29, 0.717) is 22.1 Å². The zero-order chi connectivity index (χ0) is 13.0. The second-order valence-electron chi connectivity index (χ2n) is 3.49. The van der Waals surface area contributed by atoms with Crippen LogP contribution in [0.15, 0.2) is 45.9 Å². The average Bonchev–Trinajstić information content (AvgIpc) is 2.86. The van der Waals surface area contributed by atoms with Crippen LogP contribution in [0.2, 0.25) is 5.02 Å². The molecule has 2 rings (SSSR count). The lowest BCUT2D eigenvalue weighted by Gasteiger charge is -2.01. The van der Waals surface area contributed by atoms with Crippen molar-refractivity contribution in [2.75, 3.05) is 0 Å². The molecule has 0 aliphatic heterocycles. The lowest BCUT2D eigenvalue weighted by atomic mass is 10.3. The highest BCUT2D eigenvalue weighted by Gasteiger charge is 2.09. The van der Waals surface area contributed by atoms with Gasteiger partial charge in [-0.3, -0.25) is 10.2 Å². The number of benzene rings is 1. The Hall–Kier alpha value is -1.43. The van der Waals surface area contributed by atoms with E-state index < -0.39 is 0 Å². The number of rotatable bonds is 4. The summed E-state index contributed by atoms with van der Waals surface area (Å²) >= 11 is 7.58. The zero-order valence-electron chi connectivity index (χ0n) is 9.35. The topological polar surface area (TPSA) is 68.3 Å². The molecule has 94 valence electrons.